The highest BCUT2D eigenvalue weighted by Crippen LogP contribution is 2.45. The fourth-order valence-corrected chi connectivity index (χ4v) is 6.22. The number of amides is 1. The average molecular weight is 425 g/mol. The summed E-state index contributed by atoms with van der Waals surface area (Å²) in [4.78, 5) is 28.0. The molecule has 2 aliphatic rings. The Morgan fingerprint density at radius 2 is 2.11 bits per heavy atom. The maximum absolute atomic E-state index is 13.0. The number of carbonyl (C=O) groups excluding carboxylic acids is 2. The summed E-state index contributed by atoms with van der Waals surface area (Å²) < 4.78 is 1.04. The minimum Gasteiger partial charge on any atom is -0.334 e. The standard InChI is InChI=1S/C18H16ClNO2S2.CH5NO/c1-10-12-8-20(7-6-14(12)23-15(10)9-21)18(22)17-16(19)11-4-2-3-5-13(11)24-17;1-2-3/h2-5,9-10,15H,6-8H2,1H3;2-3H,1H3. The highest BCUT2D eigenvalue weighted by atomic mass is 35.5. The van der Waals surface area contributed by atoms with Gasteiger partial charge in [-0.05, 0) is 28.9 Å². The molecular weight excluding hydrogens is 404 g/mol. The molecule has 2 atom stereocenters. The summed E-state index contributed by atoms with van der Waals surface area (Å²) in [5.41, 5.74) is 2.99. The molecule has 0 radical (unpaired) electrons. The zero-order valence-electron chi connectivity index (χ0n) is 15.1. The van der Waals surface area contributed by atoms with Crippen molar-refractivity contribution in [1.82, 2.24) is 10.4 Å². The highest BCUT2D eigenvalue weighted by Gasteiger charge is 2.37. The molecule has 0 fully saturated rings. The van der Waals surface area contributed by atoms with Crippen LogP contribution in [-0.2, 0) is 4.79 Å². The summed E-state index contributed by atoms with van der Waals surface area (Å²) in [7, 11) is 1.43. The number of nitrogens with one attached hydrogen (secondary N) is 1. The summed E-state index contributed by atoms with van der Waals surface area (Å²) >= 11 is 9.58. The highest BCUT2D eigenvalue weighted by molar-refractivity contribution is 8.04. The van der Waals surface area contributed by atoms with Crippen molar-refractivity contribution in [2.24, 2.45) is 5.92 Å². The number of nitrogens with zero attached hydrogens (tertiary/aromatic N) is 1. The van der Waals surface area contributed by atoms with Crippen molar-refractivity contribution in [3.63, 3.8) is 0 Å². The van der Waals surface area contributed by atoms with Gasteiger partial charge in [-0.1, -0.05) is 36.7 Å². The largest absolute Gasteiger partial charge is 0.334 e. The summed E-state index contributed by atoms with van der Waals surface area (Å²) in [6.07, 6.45) is 1.87. The Kier molecular flexibility index (Phi) is 6.60. The first-order valence-corrected chi connectivity index (χ1v) is 10.7. The molecule has 4 rings (SSSR count). The number of thioether (sulfide) groups is 1. The van der Waals surface area contributed by atoms with E-state index in [0.29, 0.717) is 23.0 Å². The van der Waals surface area contributed by atoms with Crippen molar-refractivity contribution in [3.8, 4) is 0 Å². The fraction of sp³-hybridized carbons (Fsp3) is 0.368. The van der Waals surface area contributed by atoms with E-state index in [-0.39, 0.29) is 17.1 Å². The molecule has 5 nitrogen and oxygen atoms in total. The molecule has 144 valence electrons. The van der Waals surface area contributed by atoms with Gasteiger partial charge in [-0.2, -0.15) is 0 Å². The molecule has 0 saturated heterocycles. The van der Waals surface area contributed by atoms with Crippen molar-refractivity contribution in [1.29, 1.82) is 0 Å². The van der Waals surface area contributed by atoms with Crippen molar-refractivity contribution in [2.45, 2.75) is 18.6 Å². The van der Waals surface area contributed by atoms with E-state index in [0.717, 1.165) is 22.8 Å². The van der Waals surface area contributed by atoms with Gasteiger partial charge < -0.3 is 14.9 Å². The van der Waals surface area contributed by atoms with Crippen LogP contribution in [0.15, 0.2) is 34.7 Å². The smallest absolute Gasteiger partial charge is 0.265 e. The molecule has 3 heterocycles. The molecule has 27 heavy (non-hydrogen) atoms. The zero-order valence-corrected chi connectivity index (χ0v) is 17.5. The van der Waals surface area contributed by atoms with Gasteiger partial charge in [-0.3, -0.25) is 4.79 Å². The van der Waals surface area contributed by atoms with E-state index in [1.165, 1.54) is 28.9 Å². The predicted octanol–water partition coefficient (Wildman–Crippen LogP) is 4.20. The monoisotopic (exact) mass is 424 g/mol. The van der Waals surface area contributed by atoms with Gasteiger partial charge in [0.2, 0.25) is 0 Å². The third-order valence-electron chi connectivity index (χ3n) is 4.80. The lowest BCUT2D eigenvalue weighted by Gasteiger charge is -2.29. The summed E-state index contributed by atoms with van der Waals surface area (Å²) in [5, 5.41) is 8.81. The third-order valence-corrected chi connectivity index (χ3v) is 8.01. The lowest BCUT2D eigenvalue weighted by Crippen LogP contribution is -2.37. The predicted molar refractivity (Wildman–Crippen MR) is 112 cm³/mol. The molecular formula is C19H21ClN2O3S2. The van der Waals surface area contributed by atoms with Gasteiger partial charge in [0.15, 0.2) is 0 Å². The van der Waals surface area contributed by atoms with Crippen LogP contribution in [0.25, 0.3) is 10.1 Å². The van der Waals surface area contributed by atoms with Crippen LogP contribution in [0.3, 0.4) is 0 Å². The number of rotatable bonds is 2. The van der Waals surface area contributed by atoms with E-state index in [1.807, 2.05) is 29.2 Å². The number of fused-ring (bicyclic) bond motifs is 1. The second-order valence-corrected chi connectivity index (χ2v) is 9.10. The molecule has 2 N–H and O–H groups in total. The zero-order chi connectivity index (χ0) is 19.6. The Balaban J connectivity index is 0.000000659. The van der Waals surface area contributed by atoms with Crippen LogP contribution in [0.2, 0.25) is 5.02 Å². The number of thiophene rings is 1. The molecule has 1 aromatic carbocycles. The van der Waals surface area contributed by atoms with Crippen LogP contribution in [0.1, 0.15) is 23.0 Å². The topological polar surface area (TPSA) is 69.6 Å². The van der Waals surface area contributed by atoms with Gasteiger partial charge in [-0.25, -0.2) is 5.48 Å². The Labute approximate surface area is 171 Å². The Morgan fingerprint density at radius 1 is 1.41 bits per heavy atom. The van der Waals surface area contributed by atoms with Crippen LogP contribution in [-0.4, -0.2) is 47.7 Å². The molecule has 2 aliphatic heterocycles. The lowest BCUT2D eigenvalue weighted by molar-refractivity contribution is -0.107. The average Bonchev–Trinajstić information content (AvgIpc) is 3.19. The maximum atomic E-state index is 13.0. The molecule has 2 aromatic rings. The number of carbonyl (C=O) groups is 2. The second kappa shape index (κ2) is 8.75. The van der Waals surface area contributed by atoms with Gasteiger partial charge in [0.25, 0.3) is 5.91 Å². The first kappa shape index (κ1) is 20.4. The van der Waals surface area contributed by atoms with Gasteiger partial charge in [0.1, 0.15) is 11.2 Å². The molecule has 0 bridgehead atoms. The first-order chi connectivity index (χ1) is 13.0. The van der Waals surface area contributed by atoms with E-state index >= 15 is 0 Å². The first-order valence-electron chi connectivity index (χ1n) is 8.62. The van der Waals surface area contributed by atoms with Gasteiger partial charge in [0.05, 0.1) is 10.3 Å². The van der Waals surface area contributed by atoms with Crippen molar-refractivity contribution >= 4 is 57.0 Å². The number of halogens is 1. The number of hydrogen-bond acceptors (Lipinski definition) is 6. The Morgan fingerprint density at radius 3 is 2.78 bits per heavy atom. The molecule has 2 unspecified atom stereocenters. The van der Waals surface area contributed by atoms with Crippen LogP contribution in [0.5, 0.6) is 0 Å². The quantitative estimate of drug-likeness (QED) is 0.558. The molecule has 0 saturated carbocycles. The Hall–Kier alpha value is -1.38. The maximum Gasteiger partial charge on any atom is 0.265 e. The summed E-state index contributed by atoms with van der Waals surface area (Å²) in [5.74, 6) is 0.204. The van der Waals surface area contributed by atoms with Crippen molar-refractivity contribution in [3.05, 3.63) is 44.6 Å². The van der Waals surface area contributed by atoms with Gasteiger partial charge in [-0.15, -0.1) is 23.1 Å². The molecule has 0 spiro atoms. The summed E-state index contributed by atoms with van der Waals surface area (Å²) in [6, 6.07) is 7.83. The minimum atomic E-state index is -0.00188. The van der Waals surface area contributed by atoms with Crippen LogP contribution < -0.4 is 5.48 Å². The fourth-order valence-electron chi connectivity index (χ4n) is 3.38. The van der Waals surface area contributed by atoms with E-state index < -0.39 is 0 Å². The Bertz CT molecular complexity index is 896. The number of benzene rings is 1. The lowest BCUT2D eigenvalue weighted by atomic mass is 9.94. The van der Waals surface area contributed by atoms with Gasteiger partial charge in [0, 0.05) is 30.2 Å². The van der Waals surface area contributed by atoms with Gasteiger partial charge >= 0.3 is 0 Å². The van der Waals surface area contributed by atoms with Crippen LogP contribution in [0.4, 0.5) is 0 Å². The molecule has 1 aromatic heterocycles. The number of hydrogen-bond donors (Lipinski definition) is 2. The number of hydroxylamine groups is 1. The number of aldehydes is 1. The normalized spacial score (nSPS) is 21.7. The SMILES string of the molecule is CC1C2=C(CCN(C(=O)c3sc4ccccc4c3Cl)C2)SC1C=O.CNO. The van der Waals surface area contributed by atoms with Crippen molar-refractivity contribution < 1.29 is 14.8 Å². The molecule has 1 amide bonds. The van der Waals surface area contributed by atoms with Crippen molar-refractivity contribution in [2.75, 3.05) is 20.1 Å². The van der Waals surface area contributed by atoms with E-state index in [9.17, 15) is 9.59 Å². The second-order valence-electron chi connectivity index (χ2n) is 6.40. The van der Waals surface area contributed by atoms with Crippen LogP contribution >= 0.6 is 34.7 Å². The van der Waals surface area contributed by atoms with Crippen LogP contribution in [0, 0.1) is 5.92 Å². The third kappa shape index (κ3) is 3.93. The van der Waals surface area contributed by atoms with E-state index in [2.05, 4.69) is 6.92 Å². The molecule has 8 heteroatoms. The van der Waals surface area contributed by atoms with E-state index in [4.69, 9.17) is 16.8 Å². The minimum absolute atomic E-state index is 0.000460. The molecule has 0 aliphatic carbocycles. The summed E-state index contributed by atoms with van der Waals surface area (Å²) in [6.45, 7) is 3.37. The van der Waals surface area contributed by atoms with E-state index in [1.54, 1.807) is 17.2 Å².